The lowest BCUT2D eigenvalue weighted by molar-refractivity contribution is -0.152. The summed E-state index contributed by atoms with van der Waals surface area (Å²) in [5, 5.41) is 10.4. The molecule has 190 valence electrons. The SMILES string of the molecule is NC(=O)c1ccc(-c2nc(-c3c[nH]c4ncc(F)cc34)nc(C[C@H]3C4CCC(CC4)[C@@H]3C(=O)O)c2F)s1. The summed E-state index contributed by atoms with van der Waals surface area (Å²) in [6.45, 7) is 0. The summed E-state index contributed by atoms with van der Waals surface area (Å²) in [5.41, 5.74) is 6.37. The van der Waals surface area contributed by atoms with E-state index in [1.165, 1.54) is 12.1 Å². The van der Waals surface area contributed by atoms with Crippen LogP contribution in [-0.4, -0.2) is 36.9 Å². The number of aliphatic carboxylic acids is 1. The molecule has 3 aliphatic rings. The molecule has 0 aliphatic heterocycles. The van der Waals surface area contributed by atoms with E-state index in [1.807, 2.05) is 0 Å². The Bertz CT molecular complexity index is 1540. The molecule has 0 aromatic carbocycles. The molecule has 0 saturated heterocycles. The third-order valence-electron chi connectivity index (χ3n) is 7.85. The number of carbonyl (C=O) groups is 2. The number of amides is 1. The molecule has 0 spiro atoms. The number of pyridine rings is 1. The number of nitrogens with two attached hydrogens (primary N) is 1. The first-order valence-corrected chi connectivity index (χ1v) is 12.9. The van der Waals surface area contributed by atoms with E-state index in [1.54, 1.807) is 12.3 Å². The zero-order chi connectivity index (χ0) is 25.8. The average molecular weight is 524 g/mol. The Morgan fingerprint density at radius 3 is 2.59 bits per heavy atom. The van der Waals surface area contributed by atoms with Crippen molar-refractivity contribution in [1.29, 1.82) is 0 Å². The molecular formula is C26H23F2N5O3S. The van der Waals surface area contributed by atoms with Gasteiger partial charge in [-0.3, -0.25) is 9.59 Å². The smallest absolute Gasteiger partial charge is 0.307 e. The number of aromatic amines is 1. The maximum Gasteiger partial charge on any atom is 0.307 e. The molecule has 2 atom stereocenters. The Balaban J connectivity index is 1.50. The van der Waals surface area contributed by atoms with Gasteiger partial charge in [0.05, 0.1) is 27.6 Å². The minimum atomic E-state index is -0.850. The van der Waals surface area contributed by atoms with Gasteiger partial charge < -0.3 is 15.8 Å². The van der Waals surface area contributed by atoms with Crippen LogP contribution in [0.1, 0.15) is 41.0 Å². The third-order valence-corrected chi connectivity index (χ3v) is 8.95. The summed E-state index contributed by atoms with van der Waals surface area (Å²) in [4.78, 5) is 40.6. The van der Waals surface area contributed by atoms with Gasteiger partial charge in [-0.2, -0.15) is 0 Å². The Morgan fingerprint density at radius 1 is 1.14 bits per heavy atom. The number of nitrogens with one attached hydrogen (secondary N) is 1. The molecule has 0 unspecified atom stereocenters. The molecule has 3 saturated carbocycles. The van der Waals surface area contributed by atoms with Gasteiger partial charge >= 0.3 is 5.97 Å². The molecule has 3 aliphatic carbocycles. The van der Waals surface area contributed by atoms with Gasteiger partial charge in [-0.25, -0.2) is 23.7 Å². The maximum atomic E-state index is 16.0. The number of carboxylic acids is 1. The fourth-order valence-corrected chi connectivity index (χ4v) is 6.99. The van der Waals surface area contributed by atoms with Crippen molar-refractivity contribution in [3.8, 4) is 22.0 Å². The molecule has 4 aromatic rings. The first-order valence-electron chi connectivity index (χ1n) is 12.1. The largest absolute Gasteiger partial charge is 0.481 e. The predicted molar refractivity (Wildman–Crippen MR) is 133 cm³/mol. The maximum absolute atomic E-state index is 16.0. The highest BCUT2D eigenvalue weighted by atomic mass is 32.1. The monoisotopic (exact) mass is 523 g/mol. The van der Waals surface area contributed by atoms with Crippen molar-refractivity contribution < 1.29 is 23.5 Å². The van der Waals surface area contributed by atoms with E-state index in [9.17, 15) is 19.1 Å². The number of hydrogen-bond donors (Lipinski definition) is 3. The van der Waals surface area contributed by atoms with Gasteiger partial charge in [-0.1, -0.05) is 0 Å². The lowest BCUT2D eigenvalue weighted by Crippen LogP contribution is -2.45. The van der Waals surface area contributed by atoms with Crippen LogP contribution >= 0.6 is 11.3 Å². The Hall–Kier alpha value is -3.73. The van der Waals surface area contributed by atoms with Crippen LogP contribution in [0.2, 0.25) is 0 Å². The molecule has 2 bridgehead atoms. The van der Waals surface area contributed by atoms with Crippen LogP contribution in [0.15, 0.2) is 30.6 Å². The van der Waals surface area contributed by atoms with E-state index in [-0.39, 0.29) is 46.3 Å². The standard InChI is InChI=1S/C26H23F2N5O3S/c27-13-7-15-16(10-31-24(15)30-9-13)25-32-17(8-14-11-1-3-12(4-2-11)20(14)26(35)36)21(28)22(33-25)18-5-6-19(37-18)23(29)34/h5-7,9-12,14,20H,1-4,8H2,(H2,29,34)(H,30,31)(H,35,36)/t11?,12?,14-,20-/m0/s1. The second-order valence-corrected chi connectivity index (χ2v) is 10.9. The zero-order valence-corrected chi connectivity index (χ0v) is 20.4. The average Bonchev–Trinajstić information content (AvgIpc) is 3.53. The van der Waals surface area contributed by atoms with Crippen LogP contribution in [0.25, 0.3) is 33.0 Å². The molecular weight excluding hydrogens is 500 g/mol. The van der Waals surface area contributed by atoms with Crippen LogP contribution in [0.3, 0.4) is 0 Å². The number of fused-ring (bicyclic) bond motifs is 4. The second-order valence-electron chi connectivity index (χ2n) is 9.84. The van der Waals surface area contributed by atoms with Crippen LogP contribution in [-0.2, 0) is 11.2 Å². The molecule has 7 rings (SSSR count). The van der Waals surface area contributed by atoms with Gasteiger partial charge in [0.1, 0.15) is 17.2 Å². The summed E-state index contributed by atoms with van der Waals surface area (Å²) in [6.07, 6.45) is 6.42. The van der Waals surface area contributed by atoms with Crippen LogP contribution in [0.5, 0.6) is 0 Å². The molecule has 0 radical (unpaired) electrons. The number of rotatable bonds is 6. The molecule has 3 fully saturated rings. The van der Waals surface area contributed by atoms with E-state index in [0.29, 0.717) is 21.5 Å². The van der Waals surface area contributed by atoms with Crippen LogP contribution in [0, 0.1) is 35.3 Å². The van der Waals surface area contributed by atoms with Gasteiger partial charge in [0.25, 0.3) is 5.91 Å². The highest BCUT2D eigenvalue weighted by Crippen LogP contribution is 2.50. The summed E-state index contributed by atoms with van der Waals surface area (Å²) in [6, 6.07) is 4.38. The Morgan fingerprint density at radius 2 is 1.89 bits per heavy atom. The molecule has 1 amide bonds. The van der Waals surface area contributed by atoms with Gasteiger partial charge in [0.15, 0.2) is 11.6 Å². The van der Waals surface area contributed by atoms with Crippen LogP contribution in [0.4, 0.5) is 8.78 Å². The molecule has 37 heavy (non-hydrogen) atoms. The number of aromatic nitrogens is 4. The normalized spacial score (nSPS) is 23.0. The molecule has 11 heteroatoms. The van der Waals surface area contributed by atoms with Crippen molar-refractivity contribution in [3.05, 3.63) is 52.8 Å². The Labute approximate surface area is 214 Å². The molecule has 4 N–H and O–H groups in total. The van der Waals surface area contributed by atoms with E-state index < -0.39 is 29.4 Å². The number of nitrogens with zero attached hydrogens (tertiary/aromatic N) is 3. The summed E-state index contributed by atoms with van der Waals surface area (Å²) >= 11 is 1.01. The first kappa shape index (κ1) is 23.7. The topological polar surface area (TPSA) is 135 Å². The van der Waals surface area contributed by atoms with Crippen molar-refractivity contribution in [2.75, 3.05) is 0 Å². The summed E-state index contributed by atoms with van der Waals surface area (Å²) in [7, 11) is 0. The van der Waals surface area contributed by atoms with Gasteiger partial charge in [0.2, 0.25) is 0 Å². The van der Waals surface area contributed by atoms with E-state index >= 15 is 4.39 Å². The van der Waals surface area contributed by atoms with Crippen molar-refractivity contribution in [2.24, 2.45) is 29.4 Å². The third kappa shape index (κ3) is 4.07. The van der Waals surface area contributed by atoms with Crippen molar-refractivity contribution in [3.63, 3.8) is 0 Å². The molecule has 8 nitrogen and oxygen atoms in total. The fourth-order valence-electron chi connectivity index (χ4n) is 6.15. The van der Waals surface area contributed by atoms with Crippen molar-refractivity contribution in [1.82, 2.24) is 19.9 Å². The highest BCUT2D eigenvalue weighted by Gasteiger charge is 2.47. The number of carboxylic acid groups (broad SMARTS) is 1. The summed E-state index contributed by atoms with van der Waals surface area (Å²) in [5.74, 6) is -3.06. The number of hydrogen-bond acceptors (Lipinski definition) is 6. The zero-order valence-electron chi connectivity index (χ0n) is 19.6. The Kier molecular flexibility index (Phi) is 5.74. The minimum absolute atomic E-state index is 0.0101. The number of halogens is 2. The lowest BCUT2D eigenvalue weighted by atomic mass is 9.57. The number of H-pyrrole nitrogens is 1. The fraction of sp³-hybridized carbons (Fsp3) is 0.346. The lowest BCUT2D eigenvalue weighted by Gasteiger charge is -2.46. The van der Waals surface area contributed by atoms with Gasteiger partial charge in [-0.15, -0.1) is 11.3 Å². The first-order chi connectivity index (χ1) is 17.8. The molecule has 4 heterocycles. The van der Waals surface area contributed by atoms with Gasteiger partial charge in [-0.05, 0) is 68.1 Å². The van der Waals surface area contributed by atoms with E-state index in [2.05, 4.69) is 19.9 Å². The molecule has 4 aromatic heterocycles. The quantitative estimate of drug-likeness (QED) is 0.332. The summed E-state index contributed by atoms with van der Waals surface area (Å²) < 4.78 is 30.0. The van der Waals surface area contributed by atoms with E-state index in [4.69, 9.17) is 5.73 Å². The number of thiophene rings is 1. The number of primary amides is 1. The van der Waals surface area contributed by atoms with E-state index in [0.717, 1.165) is 43.2 Å². The predicted octanol–water partition coefficient (Wildman–Crippen LogP) is 4.81. The van der Waals surface area contributed by atoms with Crippen LogP contribution < -0.4 is 5.73 Å². The highest BCUT2D eigenvalue weighted by molar-refractivity contribution is 7.17. The minimum Gasteiger partial charge on any atom is -0.481 e. The van der Waals surface area contributed by atoms with Crippen molar-refractivity contribution in [2.45, 2.75) is 32.1 Å². The second kappa shape index (κ2) is 8.98. The van der Waals surface area contributed by atoms with Gasteiger partial charge in [0, 0.05) is 17.1 Å². The number of carbonyl (C=O) groups excluding carboxylic acids is 1. The van der Waals surface area contributed by atoms with Crippen molar-refractivity contribution >= 4 is 34.2 Å².